The Balaban J connectivity index is 1.66. The Labute approximate surface area is 172 Å². The quantitative estimate of drug-likeness (QED) is 0.672. The highest BCUT2D eigenvalue weighted by atomic mass is 32.2. The van der Waals surface area contributed by atoms with Crippen molar-refractivity contribution in [2.24, 2.45) is 0 Å². The molecule has 3 rings (SSSR count). The highest BCUT2D eigenvalue weighted by Crippen LogP contribution is 2.33. The topological polar surface area (TPSA) is 92.3 Å². The third-order valence-electron chi connectivity index (χ3n) is 4.12. The summed E-state index contributed by atoms with van der Waals surface area (Å²) in [6.07, 6.45) is 2.18. The van der Waals surface area contributed by atoms with E-state index in [1.807, 2.05) is 24.5 Å². The Morgan fingerprint density at radius 1 is 1.25 bits per heavy atom. The normalized spacial score (nSPS) is 14.0. The van der Waals surface area contributed by atoms with Crippen molar-refractivity contribution in [2.75, 3.05) is 28.4 Å². The zero-order chi connectivity index (χ0) is 20.1. The van der Waals surface area contributed by atoms with E-state index in [1.54, 1.807) is 23.9 Å². The van der Waals surface area contributed by atoms with Crippen molar-refractivity contribution in [3.63, 3.8) is 0 Å². The van der Waals surface area contributed by atoms with E-state index in [2.05, 4.69) is 10.6 Å². The summed E-state index contributed by atoms with van der Waals surface area (Å²) < 4.78 is 25.3. The van der Waals surface area contributed by atoms with Gasteiger partial charge in [0, 0.05) is 34.1 Å². The third kappa shape index (κ3) is 5.30. The molecular formula is C19H20N2O4S3. The molecule has 0 atom stereocenters. The third-order valence-corrected chi connectivity index (χ3v) is 7.64. The molecule has 0 bridgehead atoms. The minimum absolute atomic E-state index is 0.103. The predicted molar refractivity (Wildman–Crippen MR) is 114 cm³/mol. The van der Waals surface area contributed by atoms with Gasteiger partial charge in [-0.1, -0.05) is 6.07 Å². The minimum Gasteiger partial charge on any atom is -0.326 e. The summed E-state index contributed by atoms with van der Waals surface area (Å²) in [5, 5.41) is 5.47. The Morgan fingerprint density at radius 3 is 2.86 bits per heavy atom. The Hall–Kier alpha value is -1.97. The van der Waals surface area contributed by atoms with Crippen molar-refractivity contribution in [1.29, 1.82) is 0 Å². The summed E-state index contributed by atoms with van der Waals surface area (Å²) in [6.45, 7) is 0. The van der Waals surface area contributed by atoms with E-state index in [9.17, 15) is 18.0 Å². The first kappa shape index (κ1) is 20.8. The lowest BCUT2D eigenvalue weighted by Gasteiger charge is -2.10. The number of benzene rings is 2. The first-order valence-corrected chi connectivity index (χ1v) is 12.5. The lowest BCUT2D eigenvalue weighted by Crippen LogP contribution is -2.17. The minimum atomic E-state index is -3.65. The SMILES string of the molecule is CSc1cccc(NC(=O)CCS(=O)(=O)c2ccc3c(c2)NC(=O)CCS3)c1. The van der Waals surface area contributed by atoms with Crippen LogP contribution in [0.25, 0.3) is 0 Å². The van der Waals surface area contributed by atoms with Gasteiger partial charge in [-0.05, 0) is 42.7 Å². The van der Waals surface area contributed by atoms with Gasteiger partial charge in [0.1, 0.15) is 0 Å². The standard InChI is InChI=1S/C19H20N2O4S3/c1-26-14-4-2-3-13(11-14)20-19(23)8-10-28(24,25)15-5-6-17-16(12-15)21-18(22)7-9-27-17/h2-6,11-12H,7-10H2,1H3,(H,20,23)(H,21,22). The summed E-state index contributed by atoms with van der Waals surface area (Å²) in [4.78, 5) is 25.8. The van der Waals surface area contributed by atoms with E-state index >= 15 is 0 Å². The van der Waals surface area contributed by atoms with Crippen molar-refractivity contribution in [3.05, 3.63) is 42.5 Å². The van der Waals surface area contributed by atoms with Gasteiger partial charge in [-0.25, -0.2) is 8.42 Å². The first-order chi connectivity index (χ1) is 13.4. The van der Waals surface area contributed by atoms with Gasteiger partial charge >= 0.3 is 0 Å². The van der Waals surface area contributed by atoms with Crippen LogP contribution in [0.15, 0.2) is 57.2 Å². The molecule has 0 aliphatic carbocycles. The molecule has 0 aromatic heterocycles. The van der Waals surface area contributed by atoms with Gasteiger partial charge in [0.2, 0.25) is 11.8 Å². The molecule has 0 fully saturated rings. The van der Waals surface area contributed by atoms with Gasteiger partial charge in [-0.2, -0.15) is 0 Å². The number of fused-ring (bicyclic) bond motifs is 1. The molecule has 2 aromatic carbocycles. The molecular weight excluding hydrogens is 416 g/mol. The number of hydrogen-bond donors (Lipinski definition) is 2. The van der Waals surface area contributed by atoms with E-state index in [4.69, 9.17) is 0 Å². The molecule has 2 aromatic rings. The van der Waals surface area contributed by atoms with Crippen LogP contribution >= 0.6 is 23.5 Å². The predicted octanol–water partition coefficient (Wildman–Crippen LogP) is 3.65. The number of carbonyl (C=O) groups is 2. The maximum Gasteiger partial charge on any atom is 0.225 e. The number of thioether (sulfide) groups is 2. The zero-order valence-corrected chi connectivity index (χ0v) is 17.7. The van der Waals surface area contributed by atoms with Crippen molar-refractivity contribution in [2.45, 2.75) is 27.5 Å². The molecule has 2 amide bonds. The molecule has 0 spiro atoms. The summed E-state index contributed by atoms with van der Waals surface area (Å²) in [7, 11) is -3.65. The summed E-state index contributed by atoms with van der Waals surface area (Å²) in [5.41, 5.74) is 1.14. The fourth-order valence-electron chi connectivity index (χ4n) is 2.66. The molecule has 6 nitrogen and oxygen atoms in total. The molecule has 0 radical (unpaired) electrons. The number of anilines is 2. The second kappa shape index (κ2) is 9.02. The highest BCUT2D eigenvalue weighted by molar-refractivity contribution is 7.99. The fourth-order valence-corrected chi connectivity index (χ4v) is 5.32. The molecule has 1 aliphatic rings. The number of rotatable bonds is 6. The molecule has 9 heteroatoms. The van der Waals surface area contributed by atoms with Gasteiger partial charge in [0.15, 0.2) is 9.84 Å². The Morgan fingerprint density at radius 2 is 2.07 bits per heavy atom. The summed E-state index contributed by atoms with van der Waals surface area (Å²) >= 11 is 3.07. The van der Waals surface area contributed by atoms with E-state index in [0.717, 1.165) is 9.79 Å². The van der Waals surface area contributed by atoms with Crippen LogP contribution in [0.2, 0.25) is 0 Å². The number of carbonyl (C=O) groups excluding carboxylic acids is 2. The van der Waals surface area contributed by atoms with Crippen LogP contribution in [-0.2, 0) is 19.4 Å². The molecule has 148 valence electrons. The van der Waals surface area contributed by atoms with E-state index in [-0.39, 0.29) is 28.9 Å². The van der Waals surface area contributed by atoms with Gasteiger partial charge in [0.05, 0.1) is 16.3 Å². The van der Waals surface area contributed by atoms with Gasteiger partial charge in [-0.15, -0.1) is 23.5 Å². The van der Waals surface area contributed by atoms with Crippen LogP contribution in [0.5, 0.6) is 0 Å². The number of hydrogen-bond acceptors (Lipinski definition) is 6. The van der Waals surface area contributed by atoms with Crippen molar-refractivity contribution in [1.82, 2.24) is 0 Å². The second-order valence-electron chi connectivity index (χ2n) is 6.15. The second-order valence-corrected chi connectivity index (χ2v) is 10.3. The number of amides is 2. The average molecular weight is 437 g/mol. The molecule has 0 saturated carbocycles. The van der Waals surface area contributed by atoms with Crippen LogP contribution in [0.1, 0.15) is 12.8 Å². The lowest BCUT2D eigenvalue weighted by molar-refractivity contribution is -0.116. The van der Waals surface area contributed by atoms with Gasteiger partial charge in [-0.3, -0.25) is 9.59 Å². The average Bonchev–Trinajstić information content (AvgIpc) is 2.86. The molecule has 2 N–H and O–H groups in total. The van der Waals surface area contributed by atoms with Crippen molar-refractivity contribution < 1.29 is 18.0 Å². The van der Waals surface area contributed by atoms with E-state index < -0.39 is 9.84 Å². The van der Waals surface area contributed by atoms with Crippen LogP contribution in [0, 0.1) is 0 Å². The molecule has 0 unspecified atom stereocenters. The van der Waals surface area contributed by atoms with E-state index in [1.165, 1.54) is 23.9 Å². The fraction of sp³-hybridized carbons (Fsp3) is 0.263. The Bertz CT molecular complexity index is 1010. The van der Waals surface area contributed by atoms with Crippen LogP contribution in [0.4, 0.5) is 11.4 Å². The monoisotopic (exact) mass is 436 g/mol. The van der Waals surface area contributed by atoms with Crippen LogP contribution < -0.4 is 10.6 Å². The van der Waals surface area contributed by atoms with Gasteiger partial charge < -0.3 is 10.6 Å². The maximum absolute atomic E-state index is 12.6. The maximum atomic E-state index is 12.6. The highest BCUT2D eigenvalue weighted by Gasteiger charge is 2.20. The van der Waals surface area contributed by atoms with Gasteiger partial charge in [0.25, 0.3) is 0 Å². The van der Waals surface area contributed by atoms with Crippen molar-refractivity contribution >= 4 is 56.6 Å². The van der Waals surface area contributed by atoms with Crippen LogP contribution in [0.3, 0.4) is 0 Å². The number of nitrogens with one attached hydrogen (secondary N) is 2. The largest absolute Gasteiger partial charge is 0.326 e. The summed E-state index contributed by atoms with van der Waals surface area (Å²) in [6, 6.07) is 12.1. The van der Waals surface area contributed by atoms with Crippen molar-refractivity contribution in [3.8, 4) is 0 Å². The molecule has 1 aliphatic heterocycles. The molecule has 0 saturated heterocycles. The smallest absolute Gasteiger partial charge is 0.225 e. The summed E-state index contributed by atoms with van der Waals surface area (Å²) in [5.74, 6) is -0.142. The molecule has 1 heterocycles. The molecule has 28 heavy (non-hydrogen) atoms. The van der Waals surface area contributed by atoms with Crippen LogP contribution in [-0.4, -0.2) is 38.0 Å². The zero-order valence-electron chi connectivity index (χ0n) is 15.2. The first-order valence-electron chi connectivity index (χ1n) is 8.61. The lowest BCUT2D eigenvalue weighted by atomic mass is 10.3. The number of sulfone groups is 1. The van der Waals surface area contributed by atoms with E-state index in [0.29, 0.717) is 23.5 Å². The Kier molecular flexibility index (Phi) is 6.69.